The third kappa shape index (κ3) is 1.56. The van der Waals surface area contributed by atoms with Gasteiger partial charge < -0.3 is 15.2 Å². The van der Waals surface area contributed by atoms with E-state index in [1.165, 1.54) is 12.8 Å². The van der Waals surface area contributed by atoms with Crippen LogP contribution in [0.15, 0.2) is 0 Å². The Kier molecular flexibility index (Phi) is 2.79. The monoisotopic (exact) mass is 200 g/mol. The highest BCUT2D eigenvalue weighted by molar-refractivity contribution is 4.98. The van der Waals surface area contributed by atoms with E-state index in [1.807, 2.05) is 0 Å². The SMILES string of the molecule is COC1(OC)CN(C2CCCC2N)C1. The van der Waals surface area contributed by atoms with Crippen LogP contribution in [0.4, 0.5) is 0 Å². The number of nitrogens with zero attached hydrogens (tertiary/aromatic N) is 1. The topological polar surface area (TPSA) is 47.7 Å². The highest BCUT2D eigenvalue weighted by atomic mass is 16.7. The van der Waals surface area contributed by atoms with Crippen LogP contribution >= 0.6 is 0 Å². The van der Waals surface area contributed by atoms with E-state index in [0.29, 0.717) is 12.1 Å². The van der Waals surface area contributed by atoms with E-state index < -0.39 is 0 Å². The molecule has 1 aliphatic heterocycles. The Morgan fingerprint density at radius 3 is 2.29 bits per heavy atom. The van der Waals surface area contributed by atoms with Crippen molar-refractivity contribution in [2.24, 2.45) is 5.73 Å². The lowest BCUT2D eigenvalue weighted by molar-refractivity contribution is -0.282. The van der Waals surface area contributed by atoms with E-state index in [0.717, 1.165) is 19.5 Å². The van der Waals surface area contributed by atoms with Crippen molar-refractivity contribution < 1.29 is 9.47 Å². The third-order valence-electron chi connectivity index (χ3n) is 3.63. The van der Waals surface area contributed by atoms with Gasteiger partial charge in [0.15, 0.2) is 5.79 Å². The summed E-state index contributed by atoms with van der Waals surface area (Å²) in [6.45, 7) is 1.72. The molecule has 0 aromatic carbocycles. The lowest BCUT2D eigenvalue weighted by Gasteiger charge is -2.51. The number of hydrogen-bond acceptors (Lipinski definition) is 4. The zero-order valence-corrected chi connectivity index (χ0v) is 9.03. The predicted molar refractivity (Wildman–Crippen MR) is 53.9 cm³/mol. The number of rotatable bonds is 3. The van der Waals surface area contributed by atoms with E-state index >= 15 is 0 Å². The van der Waals surface area contributed by atoms with Crippen LogP contribution in [-0.4, -0.2) is 50.1 Å². The highest BCUT2D eigenvalue weighted by Gasteiger charge is 2.48. The fourth-order valence-electron chi connectivity index (χ4n) is 2.57. The molecule has 2 fully saturated rings. The molecule has 2 N–H and O–H groups in total. The van der Waals surface area contributed by atoms with Crippen molar-refractivity contribution in [3.8, 4) is 0 Å². The van der Waals surface area contributed by atoms with Gasteiger partial charge >= 0.3 is 0 Å². The molecular formula is C10H20N2O2. The van der Waals surface area contributed by atoms with Gasteiger partial charge in [0, 0.05) is 26.3 Å². The maximum absolute atomic E-state index is 6.04. The molecule has 0 radical (unpaired) electrons. The molecule has 2 atom stereocenters. The maximum atomic E-state index is 6.04. The van der Waals surface area contributed by atoms with Gasteiger partial charge in [0.2, 0.25) is 0 Å². The molecule has 0 spiro atoms. The van der Waals surface area contributed by atoms with Gasteiger partial charge in [0.1, 0.15) is 0 Å². The van der Waals surface area contributed by atoms with Crippen molar-refractivity contribution >= 4 is 0 Å². The summed E-state index contributed by atoms with van der Waals surface area (Å²) in [5.41, 5.74) is 6.04. The lowest BCUT2D eigenvalue weighted by Crippen LogP contribution is -2.68. The number of hydrogen-bond donors (Lipinski definition) is 1. The van der Waals surface area contributed by atoms with Gasteiger partial charge in [-0.3, -0.25) is 4.90 Å². The fraction of sp³-hybridized carbons (Fsp3) is 1.00. The van der Waals surface area contributed by atoms with E-state index in [4.69, 9.17) is 15.2 Å². The zero-order chi connectivity index (χ0) is 10.2. The van der Waals surface area contributed by atoms with Crippen LogP contribution in [0.2, 0.25) is 0 Å². The van der Waals surface area contributed by atoms with Gasteiger partial charge in [-0.05, 0) is 12.8 Å². The number of nitrogens with two attached hydrogens (primary N) is 1. The molecule has 0 bridgehead atoms. The Labute approximate surface area is 85.3 Å². The molecule has 2 aliphatic rings. The molecule has 1 aliphatic carbocycles. The lowest BCUT2D eigenvalue weighted by atomic mass is 10.0. The average Bonchev–Trinajstić information content (AvgIpc) is 2.52. The van der Waals surface area contributed by atoms with Crippen molar-refractivity contribution in [2.75, 3.05) is 27.3 Å². The smallest absolute Gasteiger partial charge is 0.193 e. The minimum atomic E-state index is -0.359. The minimum Gasteiger partial charge on any atom is -0.351 e. The van der Waals surface area contributed by atoms with Crippen molar-refractivity contribution in [1.29, 1.82) is 0 Å². The van der Waals surface area contributed by atoms with Crippen LogP contribution in [0, 0.1) is 0 Å². The summed E-state index contributed by atoms with van der Waals surface area (Å²) in [4.78, 5) is 2.38. The Morgan fingerprint density at radius 2 is 1.86 bits per heavy atom. The number of ether oxygens (including phenoxy) is 2. The van der Waals surface area contributed by atoms with Gasteiger partial charge in [-0.15, -0.1) is 0 Å². The Balaban J connectivity index is 1.87. The summed E-state index contributed by atoms with van der Waals surface area (Å²) >= 11 is 0. The summed E-state index contributed by atoms with van der Waals surface area (Å²) in [5.74, 6) is -0.359. The van der Waals surface area contributed by atoms with Gasteiger partial charge in [-0.2, -0.15) is 0 Å². The summed E-state index contributed by atoms with van der Waals surface area (Å²) in [6.07, 6.45) is 3.65. The summed E-state index contributed by atoms with van der Waals surface area (Å²) in [6, 6.07) is 0.898. The molecule has 1 saturated carbocycles. The van der Waals surface area contributed by atoms with E-state index in [9.17, 15) is 0 Å². The molecule has 1 saturated heterocycles. The number of likely N-dealkylation sites (tertiary alicyclic amines) is 1. The first-order valence-electron chi connectivity index (χ1n) is 5.31. The molecule has 2 unspecified atom stereocenters. The van der Waals surface area contributed by atoms with Crippen LogP contribution < -0.4 is 5.73 Å². The minimum absolute atomic E-state index is 0.349. The molecule has 14 heavy (non-hydrogen) atoms. The fourth-order valence-corrected chi connectivity index (χ4v) is 2.57. The molecule has 4 nitrogen and oxygen atoms in total. The van der Waals surface area contributed by atoms with Crippen molar-refractivity contribution in [1.82, 2.24) is 4.90 Å². The van der Waals surface area contributed by atoms with Crippen LogP contribution in [0.3, 0.4) is 0 Å². The summed E-state index contributed by atoms with van der Waals surface area (Å²) in [7, 11) is 3.41. The van der Waals surface area contributed by atoms with Gasteiger partial charge in [0.25, 0.3) is 0 Å². The maximum Gasteiger partial charge on any atom is 0.193 e. The standard InChI is InChI=1S/C10H20N2O2/c1-13-10(14-2)6-12(7-10)9-5-3-4-8(9)11/h8-9H,3-7,11H2,1-2H3. The number of methoxy groups -OCH3 is 2. The molecule has 1 heterocycles. The second-order valence-corrected chi connectivity index (χ2v) is 4.39. The van der Waals surface area contributed by atoms with Gasteiger partial charge in [-0.25, -0.2) is 0 Å². The second-order valence-electron chi connectivity index (χ2n) is 4.39. The summed E-state index contributed by atoms with van der Waals surface area (Å²) < 4.78 is 10.7. The van der Waals surface area contributed by atoms with Crippen molar-refractivity contribution in [2.45, 2.75) is 37.1 Å². The Bertz CT molecular complexity index is 198. The Morgan fingerprint density at radius 1 is 1.21 bits per heavy atom. The van der Waals surface area contributed by atoms with Crippen LogP contribution in [-0.2, 0) is 9.47 Å². The van der Waals surface area contributed by atoms with Gasteiger partial charge in [0.05, 0.1) is 13.1 Å². The normalized spacial score (nSPS) is 37.1. The molecule has 0 aromatic heterocycles. The first-order chi connectivity index (χ1) is 6.71. The van der Waals surface area contributed by atoms with Crippen molar-refractivity contribution in [3.63, 3.8) is 0 Å². The summed E-state index contributed by atoms with van der Waals surface area (Å²) in [5, 5.41) is 0. The van der Waals surface area contributed by atoms with Crippen LogP contribution in [0.1, 0.15) is 19.3 Å². The third-order valence-corrected chi connectivity index (χ3v) is 3.63. The quantitative estimate of drug-likeness (QED) is 0.660. The van der Waals surface area contributed by atoms with E-state index in [2.05, 4.69) is 4.90 Å². The van der Waals surface area contributed by atoms with Crippen LogP contribution in [0.5, 0.6) is 0 Å². The molecule has 0 aromatic rings. The highest BCUT2D eigenvalue weighted by Crippen LogP contribution is 2.32. The molecule has 82 valence electrons. The Hall–Kier alpha value is -0.160. The molecule has 0 amide bonds. The van der Waals surface area contributed by atoms with Gasteiger partial charge in [-0.1, -0.05) is 6.42 Å². The zero-order valence-electron chi connectivity index (χ0n) is 9.03. The van der Waals surface area contributed by atoms with Crippen molar-refractivity contribution in [3.05, 3.63) is 0 Å². The van der Waals surface area contributed by atoms with E-state index in [-0.39, 0.29) is 5.79 Å². The molecule has 2 rings (SSSR count). The van der Waals surface area contributed by atoms with E-state index in [1.54, 1.807) is 14.2 Å². The largest absolute Gasteiger partial charge is 0.351 e. The first kappa shape index (κ1) is 10.4. The van der Waals surface area contributed by atoms with Crippen LogP contribution in [0.25, 0.3) is 0 Å². The molecular weight excluding hydrogens is 180 g/mol. The average molecular weight is 200 g/mol. The first-order valence-corrected chi connectivity index (χ1v) is 5.31. The predicted octanol–water partition coefficient (Wildman–Crippen LogP) is 0.171. The molecule has 4 heteroatoms. The second kappa shape index (κ2) is 3.77.